The van der Waals surface area contributed by atoms with Crippen LogP contribution in [0.2, 0.25) is 0 Å². The predicted octanol–water partition coefficient (Wildman–Crippen LogP) is 1.42. The second-order valence-corrected chi connectivity index (χ2v) is 10.4. The SMILES string of the molecule is CCC1OC2SC(=NC)NC2CC1OOC(C)C1OC2SC(N(C)C)=NC2CC1O. The molecular formula is C19H32N4O5S2. The number of aliphatic hydroxyl groups excluding tert-OH is 1. The van der Waals surface area contributed by atoms with Gasteiger partial charge in [-0.1, -0.05) is 30.4 Å². The van der Waals surface area contributed by atoms with Gasteiger partial charge in [-0.3, -0.25) is 9.98 Å². The molecule has 9 atom stereocenters. The Hall–Kier alpha value is -0.560. The third-order valence-electron chi connectivity index (χ3n) is 5.82. The van der Waals surface area contributed by atoms with Crippen LogP contribution in [0.3, 0.4) is 0 Å². The van der Waals surface area contributed by atoms with Crippen LogP contribution in [0.25, 0.3) is 0 Å². The van der Waals surface area contributed by atoms with Gasteiger partial charge in [-0.25, -0.2) is 9.78 Å². The standard InChI is InChI=1S/C19H32N4O5S2/c1-6-13-14(8-11-16(25-13)29-18(20-3)21-11)28-27-9(2)15-12(24)7-10-17(26-15)30-19(22-10)23(4)5/h9-17,24H,6-8H2,1-5H3,(H,20,21). The molecule has 0 spiro atoms. The number of nitrogens with one attached hydrogen (secondary N) is 1. The van der Waals surface area contributed by atoms with Crippen molar-refractivity contribution in [3.63, 3.8) is 0 Å². The van der Waals surface area contributed by atoms with Gasteiger partial charge < -0.3 is 24.8 Å². The van der Waals surface area contributed by atoms with Gasteiger partial charge in [0.05, 0.1) is 24.3 Å². The molecule has 3 saturated heterocycles. The molecule has 11 heteroatoms. The molecule has 0 saturated carbocycles. The molecule has 9 unspecified atom stereocenters. The first-order valence-electron chi connectivity index (χ1n) is 10.5. The van der Waals surface area contributed by atoms with Crippen molar-refractivity contribution in [1.29, 1.82) is 0 Å². The minimum absolute atomic E-state index is 0.0275. The molecule has 4 aliphatic heterocycles. The topological polar surface area (TPSA) is 97.1 Å². The van der Waals surface area contributed by atoms with E-state index in [1.54, 1.807) is 30.6 Å². The molecule has 170 valence electrons. The Morgan fingerprint density at radius 3 is 2.80 bits per heavy atom. The van der Waals surface area contributed by atoms with Crippen LogP contribution in [0.4, 0.5) is 0 Å². The number of aliphatic hydroxyl groups is 1. The van der Waals surface area contributed by atoms with E-state index in [0.717, 1.165) is 23.2 Å². The van der Waals surface area contributed by atoms with Crippen LogP contribution in [-0.4, -0.2) is 95.0 Å². The van der Waals surface area contributed by atoms with E-state index in [2.05, 4.69) is 22.2 Å². The van der Waals surface area contributed by atoms with Crippen molar-refractivity contribution in [2.75, 3.05) is 21.1 Å². The second kappa shape index (κ2) is 9.51. The highest BCUT2D eigenvalue weighted by Crippen LogP contribution is 2.39. The Bertz CT molecular complexity index is 681. The first-order valence-corrected chi connectivity index (χ1v) is 12.3. The number of ether oxygens (including phenoxy) is 2. The number of aliphatic imine (C=N–C) groups is 2. The van der Waals surface area contributed by atoms with Crippen LogP contribution in [-0.2, 0) is 19.2 Å². The molecule has 4 rings (SSSR count). The molecule has 0 aromatic rings. The first kappa shape index (κ1) is 22.6. The maximum Gasteiger partial charge on any atom is 0.161 e. The van der Waals surface area contributed by atoms with Crippen molar-refractivity contribution in [3.05, 3.63) is 0 Å². The molecule has 4 aliphatic rings. The van der Waals surface area contributed by atoms with Crippen molar-refractivity contribution >= 4 is 33.9 Å². The highest BCUT2D eigenvalue weighted by Gasteiger charge is 2.46. The Morgan fingerprint density at radius 2 is 2.10 bits per heavy atom. The van der Waals surface area contributed by atoms with Gasteiger partial charge in [0.15, 0.2) is 10.3 Å². The molecule has 30 heavy (non-hydrogen) atoms. The Balaban J connectivity index is 1.31. The zero-order valence-corrected chi connectivity index (χ0v) is 19.7. The van der Waals surface area contributed by atoms with Crippen molar-refractivity contribution in [2.24, 2.45) is 9.98 Å². The molecule has 0 aliphatic carbocycles. The third-order valence-corrected chi connectivity index (χ3v) is 8.36. The Morgan fingerprint density at radius 1 is 1.30 bits per heavy atom. The summed E-state index contributed by atoms with van der Waals surface area (Å²) in [7, 11) is 5.70. The maximum absolute atomic E-state index is 10.6. The fourth-order valence-electron chi connectivity index (χ4n) is 4.17. The van der Waals surface area contributed by atoms with Crippen molar-refractivity contribution in [1.82, 2.24) is 10.2 Å². The van der Waals surface area contributed by atoms with Gasteiger partial charge in [0, 0.05) is 34.0 Å². The van der Waals surface area contributed by atoms with Crippen molar-refractivity contribution in [3.8, 4) is 0 Å². The molecule has 4 heterocycles. The molecule has 0 bridgehead atoms. The van der Waals surface area contributed by atoms with Crippen LogP contribution in [0.5, 0.6) is 0 Å². The Labute approximate surface area is 186 Å². The number of fused-ring (bicyclic) bond motifs is 2. The summed E-state index contributed by atoms with van der Waals surface area (Å²) in [5.74, 6) is 0. The van der Waals surface area contributed by atoms with Gasteiger partial charge in [0.25, 0.3) is 0 Å². The van der Waals surface area contributed by atoms with Gasteiger partial charge in [0.2, 0.25) is 0 Å². The zero-order chi connectivity index (χ0) is 21.4. The van der Waals surface area contributed by atoms with Gasteiger partial charge >= 0.3 is 0 Å². The lowest BCUT2D eigenvalue weighted by Gasteiger charge is -2.39. The summed E-state index contributed by atoms with van der Waals surface area (Å²) >= 11 is 3.22. The second-order valence-electron chi connectivity index (χ2n) is 8.28. The molecule has 0 radical (unpaired) electrons. The van der Waals surface area contributed by atoms with Crippen LogP contribution in [0.1, 0.15) is 33.1 Å². The summed E-state index contributed by atoms with van der Waals surface area (Å²) in [6.45, 7) is 3.96. The van der Waals surface area contributed by atoms with E-state index in [1.165, 1.54) is 0 Å². The van der Waals surface area contributed by atoms with E-state index in [0.29, 0.717) is 6.42 Å². The minimum Gasteiger partial charge on any atom is -0.390 e. The van der Waals surface area contributed by atoms with E-state index in [9.17, 15) is 5.11 Å². The average Bonchev–Trinajstić information content (AvgIpc) is 3.33. The van der Waals surface area contributed by atoms with Crippen molar-refractivity contribution in [2.45, 2.75) is 86.6 Å². The molecule has 2 N–H and O–H groups in total. The van der Waals surface area contributed by atoms with E-state index in [4.69, 9.17) is 19.2 Å². The first-order chi connectivity index (χ1) is 14.4. The highest BCUT2D eigenvalue weighted by molar-refractivity contribution is 8.14. The number of thioether (sulfide) groups is 2. The largest absolute Gasteiger partial charge is 0.390 e. The normalized spacial score (nSPS) is 43.0. The lowest BCUT2D eigenvalue weighted by Crippen LogP contribution is -2.51. The summed E-state index contributed by atoms with van der Waals surface area (Å²) in [5, 5.41) is 15.8. The number of nitrogens with zero attached hydrogens (tertiary/aromatic N) is 3. The molecular weight excluding hydrogens is 428 g/mol. The summed E-state index contributed by atoms with van der Waals surface area (Å²) in [5.41, 5.74) is -0.0490. The maximum atomic E-state index is 10.6. The minimum atomic E-state index is -0.652. The zero-order valence-electron chi connectivity index (χ0n) is 18.1. The number of hydrogen-bond acceptors (Lipinski definition) is 10. The number of hydrogen-bond donors (Lipinski definition) is 2. The lowest BCUT2D eigenvalue weighted by molar-refractivity contribution is -0.386. The van der Waals surface area contributed by atoms with E-state index in [-0.39, 0.29) is 35.2 Å². The van der Waals surface area contributed by atoms with Crippen LogP contribution in [0, 0.1) is 0 Å². The molecule has 0 aromatic carbocycles. The summed E-state index contributed by atoms with van der Waals surface area (Å²) in [6.07, 6.45) is 0.385. The predicted molar refractivity (Wildman–Crippen MR) is 119 cm³/mol. The smallest absolute Gasteiger partial charge is 0.161 e. The van der Waals surface area contributed by atoms with Gasteiger partial charge in [-0.2, -0.15) is 0 Å². The summed E-state index contributed by atoms with van der Waals surface area (Å²) in [6, 6.07) is 0.120. The van der Waals surface area contributed by atoms with Gasteiger partial charge in [-0.05, 0) is 13.3 Å². The van der Waals surface area contributed by atoms with Crippen LogP contribution < -0.4 is 5.32 Å². The van der Waals surface area contributed by atoms with E-state index < -0.39 is 18.3 Å². The lowest BCUT2D eigenvalue weighted by atomic mass is 9.98. The number of rotatable bonds is 5. The van der Waals surface area contributed by atoms with Crippen LogP contribution in [0.15, 0.2) is 9.98 Å². The van der Waals surface area contributed by atoms with Gasteiger partial charge in [0.1, 0.15) is 29.2 Å². The highest BCUT2D eigenvalue weighted by atomic mass is 32.2. The van der Waals surface area contributed by atoms with E-state index >= 15 is 0 Å². The average molecular weight is 461 g/mol. The Kier molecular flexibility index (Phi) is 7.18. The molecule has 0 aromatic heterocycles. The van der Waals surface area contributed by atoms with Gasteiger partial charge in [-0.15, -0.1) is 0 Å². The molecule has 0 amide bonds. The molecule has 3 fully saturated rings. The quantitative estimate of drug-likeness (QED) is 0.466. The molecule has 9 nitrogen and oxygen atoms in total. The fourth-order valence-corrected chi connectivity index (χ4v) is 6.38. The summed E-state index contributed by atoms with van der Waals surface area (Å²) in [4.78, 5) is 22.5. The number of amidine groups is 2. The van der Waals surface area contributed by atoms with Crippen molar-refractivity contribution < 1.29 is 24.4 Å². The van der Waals surface area contributed by atoms with Crippen LogP contribution >= 0.6 is 23.5 Å². The fraction of sp³-hybridized carbons (Fsp3) is 0.895. The van der Waals surface area contributed by atoms with E-state index in [1.807, 2.05) is 25.9 Å². The third kappa shape index (κ3) is 4.62. The monoisotopic (exact) mass is 460 g/mol. The summed E-state index contributed by atoms with van der Waals surface area (Å²) < 4.78 is 12.4.